The fraction of sp³-hybridized carbons (Fsp3) is 0.0854. The number of benzene rings is 10. The summed E-state index contributed by atoms with van der Waals surface area (Å²) in [6.45, 7) is 10.4. The molecule has 0 bridgehead atoms. The van der Waals surface area contributed by atoms with Gasteiger partial charge in [0.1, 0.15) is 5.82 Å². The van der Waals surface area contributed by atoms with Crippen molar-refractivity contribution in [3.63, 3.8) is 0 Å². The van der Waals surface area contributed by atoms with Crippen LogP contribution < -0.4 is 5.46 Å². The smallest absolute Gasteiger partial charge is 0.400 e. The van der Waals surface area contributed by atoms with Crippen molar-refractivity contribution in [3.05, 3.63) is 303 Å². The van der Waals surface area contributed by atoms with Crippen molar-refractivity contribution in [2.24, 2.45) is 0 Å². The predicted molar refractivity (Wildman–Crippen MR) is 362 cm³/mol. The fourth-order valence-corrected chi connectivity index (χ4v) is 12.2. The molecular formula is C82H60BFIrN3O2. The number of aromatic nitrogens is 3. The van der Waals surface area contributed by atoms with Crippen molar-refractivity contribution in [2.75, 3.05) is 0 Å². The van der Waals surface area contributed by atoms with Gasteiger partial charge >= 0.3 is 27.2 Å². The molecule has 0 aliphatic carbocycles. The van der Waals surface area contributed by atoms with Gasteiger partial charge in [-0.2, -0.15) is 0 Å². The Kier molecular flexibility index (Phi) is 16.4. The van der Waals surface area contributed by atoms with Gasteiger partial charge in [0.05, 0.1) is 11.2 Å². The van der Waals surface area contributed by atoms with E-state index >= 15 is 0 Å². The molecule has 0 unspecified atom stereocenters. The largest absolute Gasteiger partial charge is 3.00 e. The van der Waals surface area contributed by atoms with Gasteiger partial charge < -0.3 is 24.3 Å². The molecule has 13 aromatic rings. The van der Waals surface area contributed by atoms with Gasteiger partial charge in [0.25, 0.3) is 0 Å². The van der Waals surface area contributed by atoms with Crippen LogP contribution in [-0.2, 0) is 29.4 Å². The van der Waals surface area contributed by atoms with E-state index in [4.69, 9.17) is 24.3 Å². The van der Waals surface area contributed by atoms with E-state index in [9.17, 15) is 4.39 Å². The summed E-state index contributed by atoms with van der Waals surface area (Å²) in [6, 6.07) is 98.8. The molecule has 0 saturated carbocycles. The van der Waals surface area contributed by atoms with Gasteiger partial charge in [0, 0.05) is 24.2 Å². The summed E-state index contributed by atoms with van der Waals surface area (Å²) in [5.41, 5.74) is 24.2. The van der Waals surface area contributed by atoms with E-state index in [0.29, 0.717) is 0 Å². The molecule has 0 spiro atoms. The third kappa shape index (κ3) is 11.6. The van der Waals surface area contributed by atoms with Crippen molar-refractivity contribution < 1.29 is 33.8 Å². The van der Waals surface area contributed by atoms with Crippen molar-refractivity contribution >= 4 is 12.6 Å². The summed E-state index contributed by atoms with van der Waals surface area (Å²) in [7, 11) is -0.726. The second kappa shape index (κ2) is 25.0. The summed E-state index contributed by atoms with van der Waals surface area (Å²) in [6.07, 6.45) is 5.52. The zero-order chi connectivity index (χ0) is 60.6. The van der Waals surface area contributed by atoms with Crippen LogP contribution in [0.15, 0.2) is 273 Å². The van der Waals surface area contributed by atoms with E-state index in [1.165, 1.54) is 12.1 Å². The predicted octanol–water partition coefficient (Wildman–Crippen LogP) is 20.0. The van der Waals surface area contributed by atoms with Crippen LogP contribution in [0.5, 0.6) is 0 Å². The molecule has 4 heterocycles. The Morgan fingerprint density at radius 1 is 0.344 bits per heavy atom. The van der Waals surface area contributed by atoms with Crippen LogP contribution >= 0.6 is 0 Å². The van der Waals surface area contributed by atoms with E-state index in [1.54, 1.807) is 12.1 Å². The molecule has 1 aliphatic rings. The summed E-state index contributed by atoms with van der Waals surface area (Å²) < 4.78 is 28.0. The molecule has 90 heavy (non-hydrogen) atoms. The first-order valence-corrected chi connectivity index (χ1v) is 30.1. The monoisotopic (exact) mass is 1340 g/mol. The summed E-state index contributed by atoms with van der Waals surface area (Å²) in [5, 5.41) is 0. The van der Waals surface area contributed by atoms with Gasteiger partial charge in [-0.25, -0.2) is 4.39 Å². The fourth-order valence-electron chi connectivity index (χ4n) is 12.2. The van der Waals surface area contributed by atoms with Crippen LogP contribution in [0.2, 0.25) is 0 Å². The van der Waals surface area contributed by atoms with Crippen LogP contribution in [0.3, 0.4) is 0 Å². The number of hydrogen-bond donors (Lipinski definition) is 0. The molecule has 0 amide bonds. The second-order valence-electron chi connectivity index (χ2n) is 23.6. The van der Waals surface area contributed by atoms with E-state index in [2.05, 4.69) is 247 Å². The molecule has 5 nitrogen and oxygen atoms in total. The molecule has 1 saturated heterocycles. The van der Waals surface area contributed by atoms with Crippen LogP contribution in [-0.4, -0.2) is 33.3 Å². The first-order valence-electron chi connectivity index (χ1n) is 30.1. The van der Waals surface area contributed by atoms with Gasteiger partial charge in [-0.3, -0.25) is 0 Å². The number of hydrogen-bond acceptors (Lipinski definition) is 5. The Balaban J connectivity index is 0.00000743. The van der Waals surface area contributed by atoms with Crippen LogP contribution in [0.1, 0.15) is 33.3 Å². The normalized spacial score (nSPS) is 13.2. The van der Waals surface area contributed by atoms with Crippen molar-refractivity contribution in [1.82, 2.24) is 15.0 Å². The second-order valence-corrected chi connectivity index (χ2v) is 23.6. The molecule has 434 valence electrons. The minimum atomic E-state index is -0.726. The first kappa shape index (κ1) is 59.2. The molecule has 0 radical (unpaired) electrons. The van der Waals surface area contributed by atoms with Crippen molar-refractivity contribution in [3.8, 4) is 134 Å². The zero-order valence-electron chi connectivity index (χ0n) is 50.4. The first-order chi connectivity index (χ1) is 43.4. The maximum Gasteiger partial charge on any atom is 3.00 e. The quantitative estimate of drug-likeness (QED) is 0.0850. The Morgan fingerprint density at radius 3 is 1.17 bits per heavy atom. The SMILES string of the molecule is Cc1cc(-c2[c-]cc(-c3ccccc3-c3cc(-c4ccccc4-c4c[c-]c(-c5ccccn5)cc4-c4ccccc4)cc(-c4ccccc4-c4c[c-]c(-c5ccccn5)cc4-c4ccccc4)c3)c(B3OC(C)(C)C(C)(C)O3)c2)ncc1-c1ccc(F)cc1.[Ir+3]. The van der Waals surface area contributed by atoms with E-state index < -0.39 is 18.3 Å². The molecule has 1 aliphatic heterocycles. The third-order valence-electron chi connectivity index (χ3n) is 17.5. The molecule has 1 fully saturated rings. The average Bonchev–Trinajstić information content (AvgIpc) is 1.35. The maximum atomic E-state index is 14.0. The Morgan fingerprint density at radius 2 is 0.733 bits per heavy atom. The summed E-state index contributed by atoms with van der Waals surface area (Å²) in [5.74, 6) is -0.280. The van der Waals surface area contributed by atoms with Crippen molar-refractivity contribution in [2.45, 2.75) is 45.8 Å². The average molecular weight is 1340 g/mol. The topological polar surface area (TPSA) is 57.1 Å². The van der Waals surface area contributed by atoms with Crippen LogP contribution in [0.25, 0.3) is 134 Å². The maximum absolute atomic E-state index is 14.0. The number of rotatable bonds is 13. The minimum absolute atomic E-state index is 0. The molecule has 0 atom stereocenters. The van der Waals surface area contributed by atoms with E-state index in [-0.39, 0.29) is 25.9 Å². The van der Waals surface area contributed by atoms with Gasteiger partial charge in [0.15, 0.2) is 0 Å². The minimum Gasteiger partial charge on any atom is -0.400 e. The molecule has 14 rings (SSSR count). The van der Waals surface area contributed by atoms with Gasteiger partial charge in [0.2, 0.25) is 0 Å². The Hall–Kier alpha value is -9.79. The Labute approximate surface area is 540 Å². The summed E-state index contributed by atoms with van der Waals surface area (Å²) in [4.78, 5) is 14.5. The molecular weight excluding hydrogens is 1280 g/mol. The van der Waals surface area contributed by atoms with E-state index in [0.717, 1.165) is 145 Å². The molecule has 10 aromatic carbocycles. The number of nitrogens with zero attached hydrogens (tertiary/aromatic N) is 3. The molecule has 0 N–H and O–H groups in total. The Bertz CT molecular complexity index is 4550. The van der Waals surface area contributed by atoms with Crippen LogP contribution in [0.4, 0.5) is 4.39 Å². The zero-order valence-corrected chi connectivity index (χ0v) is 52.8. The summed E-state index contributed by atoms with van der Waals surface area (Å²) >= 11 is 0. The third-order valence-corrected chi connectivity index (χ3v) is 17.5. The van der Waals surface area contributed by atoms with Gasteiger partial charge in [-0.05, 0) is 150 Å². The van der Waals surface area contributed by atoms with Crippen LogP contribution in [0, 0.1) is 30.9 Å². The number of aryl methyl sites for hydroxylation is 1. The number of pyridine rings is 3. The number of halogens is 1. The standard InChI is InChI=1S/C82H60BFN3O2.Ir/c1-54-46-80(87-53-76(54)57-34-39-64(84)40-35-57)60-38-43-73(77(52-60)83-88-81(2,3)82(4,5)89-83)70-31-17-14-28-67(70)63-48-61(65-26-12-15-29-68(65)71-41-36-58(78-32-18-20-44-85-78)50-74(71)55-22-8-6-9-23-55)47-62(49-63)66-27-13-16-30-69(66)72-42-37-59(79-33-19-21-45-86-79)51-75(72)56-24-10-7-11-25-56;/h6-35,39-53H,1-5H3;/q-3;+3. The van der Waals surface area contributed by atoms with Gasteiger partial charge in [-0.15, -0.1) is 71.3 Å². The molecule has 8 heteroatoms. The van der Waals surface area contributed by atoms with Crippen molar-refractivity contribution in [1.29, 1.82) is 0 Å². The molecule has 3 aromatic heterocycles. The van der Waals surface area contributed by atoms with E-state index in [1.807, 2.05) is 55.0 Å². The van der Waals surface area contributed by atoms with Gasteiger partial charge in [-0.1, -0.05) is 226 Å².